The maximum absolute atomic E-state index is 4.85. The fourth-order valence-corrected chi connectivity index (χ4v) is 6.71. The van der Waals surface area contributed by atoms with Crippen molar-refractivity contribution in [2.75, 3.05) is 0 Å². The van der Waals surface area contributed by atoms with Crippen molar-refractivity contribution in [2.24, 2.45) is 0 Å². The number of aromatic nitrogens is 3. The first kappa shape index (κ1) is 21.5. The van der Waals surface area contributed by atoms with Crippen LogP contribution in [0.4, 0.5) is 0 Å². The molecule has 3 heteroatoms. The van der Waals surface area contributed by atoms with Gasteiger partial charge in [0.1, 0.15) is 0 Å². The third-order valence-electron chi connectivity index (χ3n) is 8.34. The van der Waals surface area contributed by atoms with Gasteiger partial charge >= 0.3 is 0 Å². The van der Waals surface area contributed by atoms with Crippen molar-refractivity contribution in [3.05, 3.63) is 140 Å². The summed E-state index contributed by atoms with van der Waals surface area (Å²) < 4.78 is 4.78. The molecule has 0 N–H and O–H groups in total. The first-order valence-corrected chi connectivity index (χ1v) is 13.7. The van der Waals surface area contributed by atoms with Crippen LogP contribution >= 0.6 is 0 Å². The van der Waals surface area contributed by atoms with E-state index in [-0.39, 0.29) is 0 Å². The molecule has 0 saturated heterocycles. The Bertz CT molecular complexity index is 2370. The van der Waals surface area contributed by atoms with Crippen molar-refractivity contribution in [3.63, 3.8) is 0 Å². The summed E-state index contributed by atoms with van der Waals surface area (Å²) in [5.74, 6) is 0. The first-order valence-electron chi connectivity index (χ1n) is 13.7. The summed E-state index contributed by atoms with van der Waals surface area (Å²) in [5.41, 5.74) is 8.16. The number of nitrogens with zero attached hydrogens (tertiary/aromatic N) is 3. The molecule has 9 aromatic rings. The van der Waals surface area contributed by atoms with Crippen molar-refractivity contribution in [1.29, 1.82) is 0 Å². The maximum Gasteiger partial charge on any atom is 0.0801 e. The molecule has 0 saturated carbocycles. The second-order valence-corrected chi connectivity index (χ2v) is 10.4. The predicted molar refractivity (Wildman–Crippen MR) is 168 cm³/mol. The highest BCUT2D eigenvalue weighted by atomic mass is 15.0. The van der Waals surface area contributed by atoms with E-state index in [1.807, 2.05) is 12.3 Å². The van der Waals surface area contributed by atoms with Crippen LogP contribution in [0.5, 0.6) is 0 Å². The lowest BCUT2D eigenvalue weighted by atomic mass is 10.00. The fraction of sp³-hybridized carbons (Fsp3) is 0. The van der Waals surface area contributed by atoms with E-state index >= 15 is 0 Å². The van der Waals surface area contributed by atoms with Crippen LogP contribution in [0.3, 0.4) is 0 Å². The molecule has 0 fully saturated rings. The molecule has 186 valence electrons. The van der Waals surface area contributed by atoms with Gasteiger partial charge in [-0.2, -0.15) is 0 Å². The van der Waals surface area contributed by atoms with E-state index in [2.05, 4.69) is 137 Å². The van der Waals surface area contributed by atoms with Crippen LogP contribution in [-0.2, 0) is 0 Å². The lowest BCUT2D eigenvalue weighted by Gasteiger charge is -2.13. The molecule has 0 unspecified atom stereocenters. The Kier molecular flexibility index (Phi) is 4.33. The Balaban J connectivity index is 1.36. The summed E-state index contributed by atoms with van der Waals surface area (Å²) in [6.07, 6.45) is 1.90. The topological polar surface area (TPSA) is 22.8 Å². The van der Waals surface area contributed by atoms with Gasteiger partial charge in [0.2, 0.25) is 0 Å². The maximum atomic E-state index is 4.85. The van der Waals surface area contributed by atoms with Gasteiger partial charge in [-0.15, -0.1) is 0 Å². The van der Waals surface area contributed by atoms with Crippen LogP contribution in [0.15, 0.2) is 140 Å². The molecule has 0 atom stereocenters. The summed E-state index contributed by atoms with van der Waals surface area (Å²) >= 11 is 0. The number of para-hydroxylation sites is 3. The summed E-state index contributed by atoms with van der Waals surface area (Å²) in [5, 5.41) is 8.67. The minimum Gasteiger partial charge on any atom is -0.309 e. The summed E-state index contributed by atoms with van der Waals surface area (Å²) in [6.45, 7) is 0. The highest BCUT2D eigenvalue weighted by molar-refractivity contribution is 6.31. The standard InChI is InChI=1S/C37H23N3/c1-2-13-29-28(12-1)35-30-14-5-8-18-34(30)40(37(35)31-15-9-23-38-36(29)31)25-21-19-24(20-22-25)39-32-16-6-3-10-26(32)27-11-4-7-17-33(27)39/h1-23H. The van der Waals surface area contributed by atoms with Crippen LogP contribution in [-0.4, -0.2) is 14.1 Å². The van der Waals surface area contributed by atoms with Gasteiger partial charge in [0, 0.05) is 49.9 Å². The number of hydrogen-bond acceptors (Lipinski definition) is 1. The highest BCUT2D eigenvalue weighted by Gasteiger charge is 2.19. The minimum atomic E-state index is 1.04. The van der Waals surface area contributed by atoms with Crippen LogP contribution in [0.2, 0.25) is 0 Å². The van der Waals surface area contributed by atoms with Gasteiger partial charge in [0.25, 0.3) is 0 Å². The highest BCUT2D eigenvalue weighted by Crippen LogP contribution is 2.42. The van der Waals surface area contributed by atoms with Crippen LogP contribution in [0, 0.1) is 0 Å². The van der Waals surface area contributed by atoms with Gasteiger partial charge in [0.05, 0.1) is 27.6 Å². The zero-order valence-corrected chi connectivity index (χ0v) is 21.6. The van der Waals surface area contributed by atoms with Crippen molar-refractivity contribution in [3.8, 4) is 11.4 Å². The van der Waals surface area contributed by atoms with Gasteiger partial charge in [-0.3, -0.25) is 4.98 Å². The van der Waals surface area contributed by atoms with E-state index in [1.165, 1.54) is 59.8 Å². The third kappa shape index (κ3) is 2.81. The second kappa shape index (κ2) is 8.05. The molecular weight excluding hydrogens is 486 g/mol. The summed E-state index contributed by atoms with van der Waals surface area (Å²) in [6, 6.07) is 48.0. The van der Waals surface area contributed by atoms with E-state index in [0.717, 1.165) is 16.9 Å². The quantitative estimate of drug-likeness (QED) is 0.213. The Labute approximate surface area is 230 Å². The monoisotopic (exact) mass is 509 g/mol. The lowest BCUT2D eigenvalue weighted by molar-refractivity contribution is 1.15. The largest absolute Gasteiger partial charge is 0.309 e. The van der Waals surface area contributed by atoms with Gasteiger partial charge in [-0.1, -0.05) is 78.9 Å². The first-order chi connectivity index (χ1) is 19.9. The zero-order chi connectivity index (χ0) is 26.2. The number of benzene rings is 6. The molecule has 9 rings (SSSR count). The normalized spacial score (nSPS) is 12.0. The number of pyridine rings is 1. The molecule has 0 amide bonds. The fourth-order valence-electron chi connectivity index (χ4n) is 6.71. The SMILES string of the molecule is c1ccc2c(c1)c1ncccc1c1c2c2ccccc2n1-c1ccc(-n2c3ccccc3c3ccccc32)cc1. The van der Waals surface area contributed by atoms with Gasteiger partial charge < -0.3 is 9.13 Å². The van der Waals surface area contributed by atoms with Crippen molar-refractivity contribution < 1.29 is 0 Å². The van der Waals surface area contributed by atoms with E-state index in [9.17, 15) is 0 Å². The molecule has 0 bridgehead atoms. The molecule has 3 heterocycles. The Morgan fingerprint density at radius 3 is 1.50 bits per heavy atom. The molecule has 40 heavy (non-hydrogen) atoms. The Morgan fingerprint density at radius 1 is 0.375 bits per heavy atom. The average Bonchev–Trinajstić information content (AvgIpc) is 3.55. The molecule has 0 aliphatic carbocycles. The summed E-state index contributed by atoms with van der Waals surface area (Å²) in [4.78, 5) is 4.85. The van der Waals surface area contributed by atoms with Crippen LogP contribution in [0.1, 0.15) is 0 Å². The lowest BCUT2D eigenvalue weighted by Crippen LogP contribution is -1.98. The van der Waals surface area contributed by atoms with Crippen molar-refractivity contribution in [1.82, 2.24) is 14.1 Å². The second-order valence-electron chi connectivity index (χ2n) is 10.4. The molecule has 6 aromatic carbocycles. The van der Waals surface area contributed by atoms with E-state index in [1.54, 1.807) is 0 Å². The van der Waals surface area contributed by atoms with E-state index < -0.39 is 0 Å². The smallest absolute Gasteiger partial charge is 0.0801 e. The molecule has 0 spiro atoms. The zero-order valence-electron chi connectivity index (χ0n) is 21.6. The van der Waals surface area contributed by atoms with Gasteiger partial charge in [0.15, 0.2) is 0 Å². The van der Waals surface area contributed by atoms with Gasteiger partial charge in [-0.25, -0.2) is 0 Å². The van der Waals surface area contributed by atoms with Crippen molar-refractivity contribution in [2.45, 2.75) is 0 Å². The van der Waals surface area contributed by atoms with Gasteiger partial charge in [-0.05, 0) is 60.0 Å². The molecular formula is C37H23N3. The van der Waals surface area contributed by atoms with E-state index in [0.29, 0.717) is 0 Å². The molecule has 0 aliphatic rings. The van der Waals surface area contributed by atoms with Crippen LogP contribution in [0.25, 0.3) is 76.7 Å². The molecule has 3 nitrogen and oxygen atoms in total. The molecule has 0 aliphatic heterocycles. The predicted octanol–water partition coefficient (Wildman–Crippen LogP) is 9.58. The number of rotatable bonds is 2. The summed E-state index contributed by atoms with van der Waals surface area (Å²) in [7, 11) is 0. The third-order valence-corrected chi connectivity index (χ3v) is 8.34. The molecule has 0 radical (unpaired) electrons. The number of fused-ring (bicyclic) bond motifs is 11. The molecule has 3 aromatic heterocycles. The Hall–Kier alpha value is -5.41. The number of hydrogen-bond donors (Lipinski definition) is 0. The minimum absolute atomic E-state index is 1.04. The van der Waals surface area contributed by atoms with Crippen molar-refractivity contribution >= 4 is 65.3 Å². The van der Waals surface area contributed by atoms with E-state index in [4.69, 9.17) is 4.98 Å². The average molecular weight is 510 g/mol. The Morgan fingerprint density at radius 2 is 0.850 bits per heavy atom. The van der Waals surface area contributed by atoms with Crippen LogP contribution < -0.4 is 0 Å².